The molecule has 0 saturated carbocycles. The lowest BCUT2D eigenvalue weighted by Gasteiger charge is -2.19. The van der Waals surface area contributed by atoms with Gasteiger partial charge in [-0.25, -0.2) is 9.78 Å². The Balaban J connectivity index is 2.73. The van der Waals surface area contributed by atoms with E-state index in [0.717, 1.165) is 12.8 Å². The number of hydrogen-bond acceptors (Lipinski definition) is 6. The number of rotatable bonds is 7. The molecule has 0 radical (unpaired) electrons. The SMILES string of the molecule is CCCCOC(=O)N(C)c1ncccc1COC(=O)C(C)N. The zero-order valence-electron chi connectivity index (χ0n) is 13.2. The first-order valence-corrected chi connectivity index (χ1v) is 7.24. The first kappa shape index (κ1) is 17.9. The molecule has 0 saturated heterocycles. The number of esters is 1. The predicted octanol–water partition coefficient (Wildman–Crippen LogP) is 1.84. The van der Waals surface area contributed by atoms with Crippen molar-refractivity contribution in [3.05, 3.63) is 23.9 Å². The van der Waals surface area contributed by atoms with Gasteiger partial charge in [0, 0.05) is 18.8 Å². The second-order valence-corrected chi connectivity index (χ2v) is 4.91. The molecule has 1 aromatic heterocycles. The van der Waals surface area contributed by atoms with Crippen molar-refractivity contribution in [3.63, 3.8) is 0 Å². The molecular formula is C15H23N3O4. The van der Waals surface area contributed by atoms with Gasteiger partial charge in [0.15, 0.2) is 0 Å². The Hall–Kier alpha value is -2.15. The number of nitrogens with zero attached hydrogens (tertiary/aromatic N) is 2. The molecule has 22 heavy (non-hydrogen) atoms. The van der Waals surface area contributed by atoms with Gasteiger partial charge in [-0.15, -0.1) is 0 Å². The molecule has 1 aromatic rings. The highest BCUT2D eigenvalue weighted by Gasteiger charge is 2.18. The summed E-state index contributed by atoms with van der Waals surface area (Å²) in [6.07, 6.45) is 2.81. The van der Waals surface area contributed by atoms with Crippen molar-refractivity contribution in [3.8, 4) is 0 Å². The quantitative estimate of drug-likeness (QED) is 0.610. The van der Waals surface area contributed by atoms with Gasteiger partial charge in [-0.1, -0.05) is 19.4 Å². The zero-order chi connectivity index (χ0) is 16.5. The third kappa shape index (κ3) is 5.33. The molecule has 7 nitrogen and oxygen atoms in total. The summed E-state index contributed by atoms with van der Waals surface area (Å²) in [5.41, 5.74) is 6.04. The summed E-state index contributed by atoms with van der Waals surface area (Å²) in [5, 5.41) is 0. The van der Waals surface area contributed by atoms with Crippen LogP contribution in [0.2, 0.25) is 0 Å². The fourth-order valence-electron chi connectivity index (χ4n) is 1.61. The number of nitrogens with two attached hydrogens (primary N) is 1. The molecule has 0 aliphatic carbocycles. The van der Waals surface area contributed by atoms with Crippen LogP contribution in [0.3, 0.4) is 0 Å². The Morgan fingerprint density at radius 2 is 2.14 bits per heavy atom. The van der Waals surface area contributed by atoms with E-state index in [-0.39, 0.29) is 6.61 Å². The standard InChI is InChI=1S/C15H23N3O4/c1-4-5-9-21-15(20)18(3)13-12(7-6-8-17-13)10-22-14(19)11(2)16/h6-8,11H,4-5,9-10,16H2,1-3H3. The molecule has 1 heterocycles. The average molecular weight is 309 g/mol. The molecule has 1 atom stereocenters. The molecule has 1 rings (SSSR count). The minimum Gasteiger partial charge on any atom is -0.460 e. The molecule has 0 aliphatic heterocycles. The van der Waals surface area contributed by atoms with Crippen LogP contribution in [-0.2, 0) is 20.9 Å². The Bertz CT molecular complexity index is 505. The molecule has 2 N–H and O–H groups in total. The van der Waals surface area contributed by atoms with Crippen molar-refractivity contribution in [1.82, 2.24) is 4.98 Å². The van der Waals surface area contributed by atoms with Crippen LogP contribution in [0.15, 0.2) is 18.3 Å². The van der Waals surface area contributed by atoms with Gasteiger partial charge >= 0.3 is 12.1 Å². The number of unbranched alkanes of at least 4 members (excludes halogenated alkanes) is 1. The van der Waals surface area contributed by atoms with Crippen LogP contribution in [-0.4, -0.2) is 36.7 Å². The van der Waals surface area contributed by atoms with E-state index in [1.54, 1.807) is 32.3 Å². The second-order valence-electron chi connectivity index (χ2n) is 4.91. The molecular weight excluding hydrogens is 286 g/mol. The third-order valence-corrected chi connectivity index (χ3v) is 2.92. The van der Waals surface area contributed by atoms with Gasteiger partial charge in [0.25, 0.3) is 0 Å². The number of anilines is 1. The molecule has 0 aromatic carbocycles. The molecule has 1 amide bonds. The Morgan fingerprint density at radius 3 is 2.77 bits per heavy atom. The summed E-state index contributed by atoms with van der Waals surface area (Å²) in [5.74, 6) is -0.121. The van der Waals surface area contributed by atoms with E-state index >= 15 is 0 Å². The van der Waals surface area contributed by atoms with Crippen LogP contribution < -0.4 is 10.6 Å². The van der Waals surface area contributed by atoms with E-state index < -0.39 is 18.1 Å². The van der Waals surface area contributed by atoms with Crippen LogP contribution in [0.1, 0.15) is 32.3 Å². The highest BCUT2D eigenvalue weighted by molar-refractivity contribution is 5.86. The minimum atomic E-state index is -0.697. The summed E-state index contributed by atoms with van der Waals surface area (Å²) >= 11 is 0. The normalized spacial score (nSPS) is 11.6. The monoisotopic (exact) mass is 309 g/mol. The molecule has 7 heteroatoms. The first-order chi connectivity index (χ1) is 10.5. The number of pyridine rings is 1. The Kier molecular flexibility index (Phi) is 7.31. The van der Waals surface area contributed by atoms with Gasteiger partial charge in [0.2, 0.25) is 0 Å². The lowest BCUT2D eigenvalue weighted by molar-refractivity contribution is -0.146. The predicted molar refractivity (Wildman–Crippen MR) is 82.3 cm³/mol. The number of carbonyl (C=O) groups is 2. The Labute approximate surface area is 130 Å². The summed E-state index contributed by atoms with van der Waals surface area (Å²) < 4.78 is 10.2. The van der Waals surface area contributed by atoms with Gasteiger partial charge in [0.1, 0.15) is 18.5 Å². The number of ether oxygens (including phenoxy) is 2. The maximum Gasteiger partial charge on any atom is 0.415 e. The highest BCUT2D eigenvalue weighted by atomic mass is 16.6. The first-order valence-electron chi connectivity index (χ1n) is 7.24. The van der Waals surface area contributed by atoms with Gasteiger partial charge in [-0.2, -0.15) is 0 Å². The summed E-state index contributed by atoms with van der Waals surface area (Å²) in [4.78, 5) is 28.8. The van der Waals surface area contributed by atoms with Crippen LogP contribution in [0.5, 0.6) is 0 Å². The van der Waals surface area contributed by atoms with E-state index in [2.05, 4.69) is 4.98 Å². The number of aromatic nitrogens is 1. The fraction of sp³-hybridized carbons (Fsp3) is 0.533. The van der Waals surface area contributed by atoms with Crippen molar-refractivity contribution in [2.24, 2.45) is 5.73 Å². The molecule has 0 bridgehead atoms. The van der Waals surface area contributed by atoms with Crippen LogP contribution in [0.25, 0.3) is 0 Å². The van der Waals surface area contributed by atoms with Crippen molar-refractivity contribution in [2.45, 2.75) is 39.3 Å². The number of amides is 1. The molecule has 0 aliphatic rings. The average Bonchev–Trinajstić information content (AvgIpc) is 2.52. The molecule has 0 spiro atoms. The third-order valence-electron chi connectivity index (χ3n) is 2.92. The van der Waals surface area contributed by atoms with E-state index in [4.69, 9.17) is 15.2 Å². The highest BCUT2D eigenvalue weighted by Crippen LogP contribution is 2.18. The van der Waals surface area contributed by atoms with Crippen LogP contribution in [0.4, 0.5) is 10.6 Å². The summed E-state index contributed by atoms with van der Waals surface area (Å²) in [7, 11) is 1.56. The number of hydrogen-bond donors (Lipinski definition) is 1. The molecule has 1 unspecified atom stereocenters. The zero-order valence-corrected chi connectivity index (χ0v) is 13.2. The summed E-state index contributed by atoms with van der Waals surface area (Å²) in [6, 6.07) is 2.73. The molecule has 122 valence electrons. The van der Waals surface area contributed by atoms with E-state index in [9.17, 15) is 9.59 Å². The maximum absolute atomic E-state index is 12.0. The van der Waals surface area contributed by atoms with E-state index in [1.165, 1.54) is 4.90 Å². The van der Waals surface area contributed by atoms with Crippen LogP contribution >= 0.6 is 0 Å². The summed E-state index contributed by atoms with van der Waals surface area (Å²) in [6.45, 7) is 3.92. The van der Waals surface area contributed by atoms with Crippen molar-refractivity contribution >= 4 is 17.9 Å². The lowest BCUT2D eigenvalue weighted by Crippen LogP contribution is -2.30. The molecule has 0 fully saturated rings. The van der Waals surface area contributed by atoms with Crippen molar-refractivity contribution < 1.29 is 19.1 Å². The van der Waals surface area contributed by atoms with Crippen molar-refractivity contribution in [2.75, 3.05) is 18.6 Å². The number of carbonyl (C=O) groups excluding carboxylic acids is 2. The topological polar surface area (TPSA) is 94.7 Å². The van der Waals surface area contributed by atoms with Crippen molar-refractivity contribution in [1.29, 1.82) is 0 Å². The van der Waals surface area contributed by atoms with Gasteiger partial charge < -0.3 is 15.2 Å². The lowest BCUT2D eigenvalue weighted by atomic mass is 10.2. The smallest absolute Gasteiger partial charge is 0.415 e. The van der Waals surface area contributed by atoms with Gasteiger partial charge in [0.05, 0.1) is 6.61 Å². The van der Waals surface area contributed by atoms with E-state index in [0.29, 0.717) is 18.0 Å². The van der Waals surface area contributed by atoms with Gasteiger partial charge in [-0.3, -0.25) is 9.69 Å². The van der Waals surface area contributed by atoms with E-state index in [1.807, 2.05) is 6.92 Å². The van der Waals surface area contributed by atoms with Crippen LogP contribution in [0, 0.1) is 0 Å². The Morgan fingerprint density at radius 1 is 1.41 bits per heavy atom. The largest absolute Gasteiger partial charge is 0.460 e. The van der Waals surface area contributed by atoms with Gasteiger partial charge in [-0.05, 0) is 19.4 Å². The second kappa shape index (κ2) is 8.99. The fourth-order valence-corrected chi connectivity index (χ4v) is 1.61. The minimum absolute atomic E-state index is 0.00384. The maximum atomic E-state index is 12.0.